The molecule has 2 bridgehead atoms. The van der Waals surface area contributed by atoms with Crippen LogP contribution in [0.25, 0.3) is 0 Å². The van der Waals surface area contributed by atoms with Crippen molar-refractivity contribution in [1.82, 2.24) is 14.5 Å². The van der Waals surface area contributed by atoms with E-state index in [-0.39, 0.29) is 24.3 Å². The summed E-state index contributed by atoms with van der Waals surface area (Å²) in [6.45, 7) is 2.26. The maximum atomic E-state index is 12.0. The lowest BCUT2D eigenvalue weighted by Gasteiger charge is -2.36. The van der Waals surface area contributed by atoms with E-state index in [1.165, 1.54) is 25.5 Å². The first-order valence-corrected chi connectivity index (χ1v) is 12.4. The Morgan fingerprint density at radius 2 is 1.46 bits per heavy atom. The first-order valence-electron chi connectivity index (χ1n) is 10.6. The second-order valence-corrected chi connectivity index (χ2v) is 10.5. The van der Waals surface area contributed by atoms with E-state index in [4.69, 9.17) is 9.47 Å². The topological polar surface area (TPSA) is 81.6 Å². The highest BCUT2D eigenvalue weighted by Crippen LogP contribution is 2.38. The molecule has 0 N–H and O–H groups in total. The highest BCUT2D eigenvalue weighted by molar-refractivity contribution is 7.88. The highest BCUT2D eigenvalue weighted by Gasteiger charge is 2.46. The first-order chi connectivity index (χ1) is 13.4. The molecule has 0 radical (unpaired) electrons. The Morgan fingerprint density at radius 1 is 0.929 bits per heavy atom. The molecule has 4 rings (SSSR count). The Kier molecular flexibility index (Phi) is 5.78. The van der Waals surface area contributed by atoms with Crippen LogP contribution in [0.2, 0.25) is 0 Å². The molecule has 0 spiro atoms. The predicted octanol–water partition coefficient (Wildman–Crippen LogP) is 3.16. The summed E-state index contributed by atoms with van der Waals surface area (Å²) >= 11 is 0. The summed E-state index contributed by atoms with van der Waals surface area (Å²) in [6.07, 6.45) is 10.7. The van der Waals surface area contributed by atoms with E-state index in [1.54, 1.807) is 4.31 Å². The molecule has 8 heteroatoms. The van der Waals surface area contributed by atoms with Crippen LogP contribution in [-0.4, -0.2) is 53.5 Å². The van der Waals surface area contributed by atoms with Crippen LogP contribution in [0.4, 0.5) is 0 Å². The van der Waals surface area contributed by atoms with E-state index >= 15 is 0 Å². The summed E-state index contributed by atoms with van der Waals surface area (Å²) in [7, 11) is -3.15. The number of piperidine rings is 1. The minimum atomic E-state index is -3.15. The zero-order valence-electron chi connectivity index (χ0n) is 16.8. The van der Waals surface area contributed by atoms with E-state index in [1.807, 2.05) is 12.1 Å². The van der Waals surface area contributed by atoms with Crippen LogP contribution in [0.15, 0.2) is 12.1 Å². The third-order valence-electron chi connectivity index (χ3n) is 6.57. The Labute approximate surface area is 167 Å². The van der Waals surface area contributed by atoms with Gasteiger partial charge in [0.25, 0.3) is 0 Å². The van der Waals surface area contributed by atoms with Gasteiger partial charge in [0.1, 0.15) is 12.2 Å². The van der Waals surface area contributed by atoms with Crippen LogP contribution < -0.4 is 9.47 Å². The second-order valence-electron chi connectivity index (χ2n) is 8.57. The lowest BCUT2D eigenvalue weighted by molar-refractivity contribution is 0.0898. The molecule has 1 aliphatic carbocycles. The number of sulfonamides is 1. The van der Waals surface area contributed by atoms with E-state index in [9.17, 15) is 8.42 Å². The van der Waals surface area contributed by atoms with Crippen molar-refractivity contribution in [3.8, 4) is 11.8 Å². The van der Waals surface area contributed by atoms with Gasteiger partial charge in [0.05, 0.1) is 6.26 Å². The average molecular weight is 410 g/mol. The molecule has 0 unspecified atom stereocenters. The van der Waals surface area contributed by atoms with Crippen LogP contribution in [0.5, 0.6) is 11.8 Å². The molecule has 2 aliphatic heterocycles. The van der Waals surface area contributed by atoms with Crippen molar-refractivity contribution in [2.45, 2.75) is 89.0 Å². The third-order valence-corrected chi connectivity index (χ3v) is 7.93. The highest BCUT2D eigenvalue weighted by atomic mass is 32.2. The maximum Gasteiger partial charge on any atom is 0.233 e. The van der Waals surface area contributed by atoms with Crippen LogP contribution >= 0.6 is 0 Å². The van der Waals surface area contributed by atoms with Gasteiger partial charge < -0.3 is 9.47 Å². The average Bonchev–Trinajstić information content (AvgIpc) is 2.96. The van der Waals surface area contributed by atoms with Crippen molar-refractivity contribution in [3.05, 3.63) is 12.1 Å². The van der Waals surface area contributed by atoms with E-state index in [0.717, 1.165) is 31.6 Å². The Balaban J connectivity index is 1.30. The van der Waals surface area contributed by atoms with E-state index < -0.39 is 10.0 Å². The maximum absolute atomic E-state index is 12.0. The molecule has 3 atom stereocenters. The molecule has 1 aromatic heterocycles. The van der Waals surface area contributed by atoms with Crippen molar-refractivity contribution >= 4 is 10.0 Å². The Hall–Kier alpha value is -1.41. The summed E-state index contributed by atoms with van der Waals surface area (Å²) in [5.74, 6) is 1.88. The van der Waals surface area contributed by atoms with Crippen molar-refractivity contribution in [3.63, 3.8) is 0 Å². The quantitative estimate of drug-likeness (QED) is 0.718. The predicted molar refractivity (Wildman–Crippen MR) is 106 cm³/mol. The molecule has 3 aliphatic rings. The summed E-state index contributed by atoms with van der Waals surface area (Å²) in [5, 5.41) is 8.36. The van der Waals surface area contributed by atoms with Gasteiger partial charge in [-0.1, -0.05) is 13.3 Å². The van der Waals surface area contributed by atoms with Gasteiger partial charge in [0, 0.05) is 37.1 Å². The summed E-state index contributed by atoms with van der Waals surface area (Å²) in [6, 6.07) is 3.74. The van der Waals surface area contributed by atoms with Crippen LogP contribution in [0.1, 0.15) is 64.7 Å². The standard InChI is InChI=1S/C20H31N3O4S/c1-3-14-4-8-17(9-5-14)26-19-10-11-20(22-21-19)27-18-12-15-6-7-16(13-18)23(15)28(2,24)25/h10-11,14-18H,3-9,12-13H2,1-2H3/t14?,15-,16+,17?,18+. The summed E-state index contributed by atoms with van der Waals surface area (Å²) in [4.78, 5) is 0. The molecule has 3 fully saturated rings. The molecular weight excluding hydrogens is 378 g/mol. The van der Waals surface area contributed by atoms with Gasteiger partial charge >= 0.3 is 0 Å². The lowest BCUT2D eigenvalue weighted by Crippen LogP contribution is -2.48. The molecule has 0 aromatic carbocycles. The fourth-order valence-corrected chi connectivity index (χ4v) is 6.62. The second kappa shape index (κ2) is 8.14. The zero-order valence-corrected chi connectivity index (χ0v) is 17.6. The van der Waals surface area contributed by atoms with Gasteiger partial charge in [-0.3, -0.25) is 0 Å². The minimum absolute atomic E-state index is 0.0131. The number of hydrogen-bond donors (Lipinski definition) is 0. The molecule has 7 nitrogen and oxygen atoms in total. The van der Waals surface area contributed by atoms with E-state index in [0.29, 0.717) is 24.6 Å². The van der Waals surface area contributed by atoms with Crippen LogP contribution in [0, 0.1) is 5.92 Å². The number of fused-ring (bicyclic) bond motifs is 2. The van der Waals surface area contributed by atoms with Gasteiger partial charge in [-0.2, -0.15) is 4.31 Å². The molecule has 1 aromatic rings. The smallest absolute Gasteiger partial charge is 0.233 e. The van der Waals surface area contributed by atoms with Crippen molar-refractivity contribution < 1.29 is 17.9 Å². The number of nitrogens with zero attached hydrogens (tertiary/aromatic N) is 3. The molecule has 2 saturated heterocycles. The molecular formula is C20H31N3O4S. The normalized spacial score (nSPS) is 33.6. The molecule has 1 saturated carbocycles. The molecule has 0 amide bonds. The van der Waals surface area contributed by atoms with Crippen LogP contribution in [0.3, 0.4) is 0 Å². The third kappa shape index (κ3) is 4.43. The molecule has 28 heavy (non-hydrogen) atoms. The summed E-state index contributed by atoms with van der Waals surface area (Å²) < 4.78 is 37.7. The van der Waals surface area contributed by atoms with Crippen molar-refractivity contribution in [1.29, 1.82) is 0 Å². The SMILES string of the molecule is CCC1CCC(Oc2ccc(O[C@H]3C[C@H]4CC[C@@H](C3)N4S(C)(=O)=O)nn2)CC1. The van der Waals surface area contributed by atoms with Gasteiger partial charge in [-0.15, -0.1) is 10.2 Å². The number of rotatable bonds is 6. The van der Waals surface area contributed by atoms with Gasteiger partial charge in [0.2, 0.25) is 21.8 Å². The largest absolute Gasteiger partial charge is 0.473 e. The van der Waals surface area contributed by atoms with Gasteiger partial charge in [0.15, 0.2) is 0 Å². The monoisotopic (exact) mass is 409 g/mol. The summed E-state index contributed by atoms with van der Waals surface area (Å²) in [5.41, 5.74) is 0. The van der Waals surface area contributed by atoms with Gasteiger partial charge in [-0.25, -0.2) is 8.42 Å². The Morgan fingerprint density at radius 3 is 1.93 bits per heavy atom. The number of aromatic nitrogens is 2. The van der Waals surface area contributed by atoms with Crippen molar-refractivity contribution in [2.24, 2.45) is 5.92 Å². The van der Waals surface area contributed by atoms with Crippen molar-refractivity contribution in [2.75, 3.05) is 6.26 Å². The first kappa shape index (κ1) is 19.9. The van der Waals surface area contributed by atoms with Crippen LogP contribution in [-0.2, 0) is 10.0 Å². The lowest BCUT2D eigenvalue weighted by atomic mass is 9.86. The number of hydrogen-bond acceptors (Lipinski definition) is 6. The zero-order chi connectivity index (χ0) is 19.7. The fraction of sp³-hybridized carbons (Fsp3) is 0.800. The molecule has 3 heterocycles. The van der Waals surface area contributed by atoms with Gasteiger partial charge in [-0.05, 0) is 44.4 Å². The Bertz CT molecular complexity index is 748. The molecule has 156 valence electrons. The van der Waals surface area contributed by atoms with E-state index in [2.05, 4.69) is 17.1 Å². The number of ether oxygens (including phenoxy) is 2. The minimum Gasteiger partial charge on any atom is -0.473 e. The fourth-order valence-electron chi connectivity index (χ4n) is 5.15.